The summed E-state index contributed by atoms with van der Waals surface area (Å²) in [7, 11) is -1.98. The third-order valence-corrected chi connectivity index (χ3v) is 7.39. The van der Waals surface area contributed by atoms with E-state index >= 15 is 0 Å². The summed E-state index contributed by atoms with van der Waals surface area (Å²) < 4.78 is 27.6. The van der Waals surface area contributed by atoms with E-state index in [1.165, 1.54) is 27.5 Å². The van der Waals surface area contributed by atoms with Gasteiger partial charge in [0, 0.05) is 6.20 Å². The molecule has 1 aliphatic heterocycles. The maximum atomic E-state index is 13.5. The lowest BCUT2D eigenvalue weighted by atomic mass is 10.2. The first-order valence-corrected chi connectivity index (χ1v) is 11.8. The van der Waals surface area contributed by atoms with Gasteiger partial charge in [0.2, 0.25) is 9.84 Å². The fourth-order valence-corrected chi connectivity index (χ4v) is 4.96. The van der Waals surface area contributed by atoms with Crippen molar-refractivity contribution in [1.82, 2.24) is 9.38 Å². The van der Waals surface area contributed by atoms with Crippen molar-refractivity contribution in [1.29, 1.82) is 5.26 Å². The van der Waals surface area contributed by atoms with Gasteiger partial charge in [-0.25, -0.2) is 13.4 Å². The molecule has 3 heterocycles. The van der Waals surface area contributed by atoms with Crippen LogP contribution in [0.25, 0.3) is 11.7 Å². The third-order valence-electron chi connectivity index (χ3n) is 5.71. The topological polar surface area (TPSA) is 100.0 Å². The molecular formula is C23H24N5O3S+. The summed E-state index contributed by atoms with van der Waals surface area (Å²) in [5, 5.41) is 9.72. The molecule has 1 saturated heterocycles. The molecule has 3 aromatic rings. The molecule has 0 radical (unpaired) electrons. The average Bonchev–Trinajstić information content (AvgIpc) is 2.80. The number of hydrogen-bond acceptors (Lipinski definition) is 6. The van der Waals surface area contributed by atoms with Gasteiger partial charge in [-0.05, 0) is 36.8 Å². The molecule has 0 saturated carbocycles. The van der Waals surface area contributed by atoms with Crippen molar-refractivity contribution in [2.75, 3.05) is 38.1 Å². The number of sulfone groups is 1. The molecule has 164 valence electrons. The molecule has 0 aliphatic carbocycles. The number of nitrogens with zero attached hydrogens (tertiary/aromatic N) is 4. The van der Waals surface area contributed by atoms with Crippen molar-refractivity contribution in [3.63, 3.8) is 0 Å². The fourth-order valence-electron chi connectivity index (χ4n) is 3.80. The van der Waals surface area contributed by atoms with Gasteiger partial charge in [-0.2, -0.15) is 5.26 Å². The predicted octanol–water partition coefficient (Wildman–Crippen LogP) is 0.676. The Morgan fingerprint density at radius 3 is 2.50 bits per heavy atom. The van der Waals surface area contributed by atoms with Gasteiger partial charge in [-0.15, -0.1) is 0 Å². The van der Waals surface area contributed by atoms with Gasteiger partial charge in [0.1, 0.15) is 22.4 Å². The second-order valence-corrected chi connectivity index (χ2v) is 9.84. The van der Waals surface area contributed by atoms with E-state index in [-0.39, 0.29) is 10.5 Å². The Bertz CT molecular complexity index is 1400. The number of pyridine rings is 1. The molecular weight excluding hydrogens is 426 g/mol. The number of allylic oxidation sites excluding steroid dienone is 1. The zero-order chi connectivity index (χ0) is 22.9. The van der Waals surface area contributed by atoms with Gasteiger partial charge in [-0.1, -0.05) is 24.3 Å². The molecule has 1 N–H and O–H groups in total. The van der Waals surface area contributed by atoms with E-state index in [0.717, 1.165) is 18.7 Å². The monoisotopic (exact) mass is 450 g/mol. The molecule has 0 unspecified atom stereocenters. The number of rotatable bonds is 4. The number of nitriles is 1. The van der Waals surface area contributed by atoms with Crippen molar-refractivity contribution in [3.05, 3.63) is 75.0 Å². The van der Waals surface area contributed by atoms with Crippen LogP contribution >= 0.6 is 0 Å². The number of aryl methyl sites for hydroxylation is 1. The normalized spacial score (nSPS) is 15.7. The molecule has 8 nitrogen and oxygen atoms in total. The van der Waals surface area contributed by atoms with Gasteiger partial charge in [0.05, 0.1) is 43.7 Å². The Morgan fingerprint density at radius 1 is 1.16 bits per heavy atom. The minimum absolute atomic E-state index is 0.00208. The minimum atomic E-state index is -4.08. The highest BCUT2D eigenvalue weighted by atomic mass is 32.2. The zero-order valence-electron chi connectivity index (χ0n) is 17.9. The van der Waals surface area contributed by atoms with Crippen LogP contribution in [0.15, 0.2) is 63.3 Å². The molecule has 9 heteroatoms. The third kappa shape index (κ3) is 3.90. The smallest absolute Gasteiger partial charge is 0.267 e. The van der Waals surface area contributed by atoms with Crippen LogP contribution in [0.4, 0.5) is 5.82 Å². The first-order valence-electron chi connectivity index (χ1n) is 10.3. The molecule has 0 amide bonds. The van der Waals surface area contributed by atoms with Crippen LogP contribution in [0.3, 0.4) is 0 Å². The lowest BCUT2D eigenvalue weighted by Gasteiger charge is -2.31. The highest BCUT2D eigenvalue weighted by Crippen LogP contribution is 2.24. The van der Waals surface area contributed by atoms with E-state index in [1.54, 1.807) is 36.5 Å². The van der Waals surface area contributed by atoms with Crippen LogP contribution < -0.4 is 15.4 Å². The van der Waals surface area contributed by atoms with E-state index in [1.807, 2.05) is 17.9 Å². The van der Waals surface area contributed by atoms with E-state index in [9.17, 15) is 18.5 Å². The van der Waals surface area contributed by atoms with E-state index < -0.39 is 20.3 Å². The van der Waals surface area contributed by atoms with Crippen LogP contribution in [0, 0.1) is 18.3 Å². The Morgan fingerprint density at radius 2 is 1.84 bits per heavy atom. The maximum absolute atomic E-state index is 13.5. The molecule has 1 aromatic carbocycles. The van der Waals surface area contributed by atoms with Gasteiger partial charge in [-0.3, -0.25) is 9.20 Å². The summed E-state index contributed by atoms with van der Waals surface area (Å²) in [6, 6.07) is 13.1. The summed E-state index contributed by atoms with van der Waals surface area (Å²) >= 11 is 0. The Balaban J connectivity index is 1.96. The second-order valence-electron chi connectivity index (χ2n) is 7.92. The number of piperazine rings is 1. The van der Waals surface area contributed by atoms with Crippen molar-refractivity contribution >= 4 is 27.4 Å². The molecule has 1 fully saturated rings. The maximum Gasteiger partial charge on any atom is 0.267 e. The van der Waals surface area contributed by atoms with Crippen molar-refractivity contribution in [2.45, 2.75) is 11.8 Å². The number of benzene rings is 1. The van der Waals surface area contributed by atoms with Gasteiger partial charge < -0.3 is 9.80 Å². The summed E-state index contributed by atoms with van der Waals surface area (Å²) in [6.45, 7) is 4.95. The number of aromatic nitrogens is 2. The first-order chi connectivity index (χ1) is 15.3. The zero-order valence-corrected chi connectivity index (χ0v) is 18.8. The van der Waals surface area contributed by atoms with Crippen molar-refractivity contribution in [2.24, 2.45) is 0 Å². The largest absolute Gasteiger partial charge is 0.345 e. The lowest BCUT2D eigenvalue weighted by Crippen LogP contribution is -3.12. The van der Waals surface area contributed by atoms with E-state index in [4.69, 9.17) is 4.98 Å². The van der Waals surface area contributed by atoms with Gasteiger partial charge >= 0.3 is 0 Å². The number of hydrogen-bond donors (Lipinski definition) is 1. The summed E-state index contributed by atoms with van der Waals surface area (Å²) in [4.78, 5) is 21.1. The quantitative estimate of drug-likeness (QED) is 0.587. The van der Waals surface area contributed by atoms with Crippen LogP contribution in [-0.2, 0) is 9.84 Å². The minimum Gasteiger partial charge on any atom is -0.345 e. The SMILES string of the molecule is Cc1cccn2c(=O)c(/C=C(/C#N)S(=O)(=O)c3ccccc3)c(N3CC[NH+](C)CC3)nc12. The van der Waals surface area contributed by atoms with Crippen molar-refractivity contribution in [3.8, 4) is 6.07 Å². The summed E-state index contributed by atoms with van der Waals surface area (Å²) in [5.74, 6) is 0.410. The number of anilines is 1. The second kappa shape index (κ2) is 8.57. The van der Waals surface area contributed by atoms with E-state index in [2.05, 4.69) is 7.05 Å². The fraction of sp³-hybridized carbons (Fsp3) is 0.261. The van der Waals surface area contributed by atoms with Crippen LogP contribution in [0.1, 0.15) is 11.1 Å². The Labute approximate surface area is 186 Å². The number of nitrogens with one attached hydrogen (secondary N) is 1. The Hall–Kier alpha value is -3.48. The highest BCUT2D eigenvalue weighted by molar-refractivity contribution is 7.95. The van der Waals surface area contributed by atoms with Crippen LogP contribution in [0.2, 0.25) is 0 Å². The van der Waals surface area contributed by atoms with Gasteiger partial charge in [0.25, 0.3) is 5.56 Å². The first kappa shape index (κ1) is 21.7. The standard InChI is InChI=1S/C23H23N5O3S/c1-17-7-6-10-28-21(17)25-22(27-13-11-26(2)12-14-27)20(23(28)29)15-19(16-24)32(30,31)18-8-4-3-5-9-18/h3-10,15H,11-14H2,1-2H3/p+1/b19-15-. The average molecular weight is 451 g/mol. The molecule has 2 aromatic heterocycles. The van der Waals surface area contributed by atoms with Crippen molar-refractivity contribution < 1.29 is 13.3 Å². The number of quaternary nitrogens is 1. The van der Waals surface area contributed by atoms with Crippen LogP contribution in [-0.4, -0.2) is 51.0 Å². The molecule has 1 aliphatic rings. The summed E-state index contributed by atoms with van der Waals surface area (Å²) in [5.41, 5.74) is 1.04. The molecule has 0 atom stereocenters. The molecule has 4 rings (SSSR count). The molecule has 0 spiro atoms. The lowest BCUT2D eigenvalue weighted by molar-refractivity contribution is -0.880. The number of fused-ring (bicyclic) bond motifs is 1. The Kier molecular flexibility index (Phi) is 5.82. The predicted molar refractivity (Wildman–Crippen MR) is 122 cm³/mol. The highest BCUT2D eigenvalue weighted by Gasteiger charge is 2.26. The summed E-state index contributed by atoms with van der Waals surface area (Å²) in [6.07, 6.45) is 2.78. The van der Waals surface area contributed by atoms with Gasteiger partial charge in [0.15, 0.2) is 0 Å². The molecule has 0 bridgehead atoms. The van der Waals surface area contributed by atoms with Crippen LogP contribution in [0.5, 0.6) is 0 Å². The van der Waals surface area contributed by atoms with E-state index in [0.29, 0.717) is 24.6 Å². The number of likely N-dealkylation sites (N-methyl/N-ethyl adjacent to an activating group) is 1. The molecule has 32 heavy (non-hydrogen) atoms.